The van der Waals surface area contributed by atoms with Gasteiger partial charge in [-0.25, -0.2) is 5.48 Å². The number of hydrogen-bond donors (Lipinski definition) is 3. The maximum atomic E-state index is 13.4. The van der Waals surface area contributed by atoms with E-state index in [2.05, 4.69) is 16.0 Å². The van der Waals surface area contributed by atoms with Crippen molar-refractivity contribution in [2.75, 3.05) is 44.3 Å². The number of morpholine rings is 1. The van der Waals surface area contributed by atoms with Crippen LogP contribution in [0.1, 0.15) is 17.5 Å². The third-order valence-corrected chi connectivity index (χ3v) is 6.07. The molecule has 2 amide bonds. The van der Waals surface area contributed by atoms with Crippen molar-refractivity contribution < 1.29 is 19.5 Å². The van der Waals surface area contributed by atoms with Crippen molar-refractivity contribution in [3.8, 4) is 0 Å². The van der Waals surface area contributed by atoms with Gasteiger partial charge in [0, 0.05) is 61.5 Å². The van der Waals surface area contributed by atoms with E-state index < -0.39 is 5.91 Å². The van der Waals surface area contributed by atoms with Gasteiger partial charge in [-0.1, -0.05) is 30.3 Å². The van der Waals surface area contributed by atoms with Crippen molar-refractivity contribution in [2.45, 2.75) is 12.8 Å². The number of nitrogens with one attached hydrogen (secondary N) is 2. The highest BCUT2D eigenvalue weighted by Gasteiger charge is 2.19. The van der Waals surface area contributed by atoms with Crippen LogP contribution >= 0.6 is 0 Å². The molecule has 3 aromatic rings. The van der Waals surface area contributed by atoms with Crippen molar-refractivity contribution in [2.24, 2.45) is 0 Å². The predicted octanol–water partition coefficient (Wildman–Crippen LogP) is 2.98. The van der Waals surface area contributed by atoms with E-state index in [0.717, 1.165) is 60.6 Å². The summed E-state index contributed by atoms with van der Waals surface area (Å²) in [6, 6.07) is 15.6. The molecule has 3 N–H and O–H groups in total. The van der Waals surface area contributed by atoms with E-state index >= 15 is 0 Å². The Hall–Kier alpha value is -3.46. The zero-order valence-corrected chi connectivity index (χ0v) is 19.1. The number of carbonyl (C=O) groups is 2. The van der Waals surface area contributed by atoms with Gasteiger partial charge in [-0.15, -0.1) is 0 Å². The first-order valence-electron chi connectivity index (χ1n) is 11.5. The number of para-hydroxylation sites is 1. The SMILES string of the molecule is O=C(/C=C/c1ccc(N(CCN2CCOCC2)C(=O)CCc2c[nH]c3ccccc23)cc1)NO. The number of anilines is 1. The van der Waals surface area contributed by atoms with Crippen molar-refractivity contribution in [3.05, 3.63) is 71.9 Å². The summed E-state index contributed by atoms with van der Waals surface area (Å²) < 4.78 is 5.44. The van der Waals surface area contributed by atoms with Crippen LogP contribution in [0.4, 0.5) is 5.69 Å². The van der Waals surface area contributed by atoms with Crippen LogP contribution in [0.15, 0.2) is 60.8 Å². The summed E-state index contributed by atoms with van der Waals surface area (Å²) >= 11 is 0. The summed E-state index contributed by atoms with van der Waals surface area (Å²) in [5, 5.41) is 9.78. The molecule has 1 aliphatic rings. The van der Waals surface area contributed by atoms with Crippen LogP contribution in [0.5, 0.6) is 0 Å². The van der Waals surface area contributed by atoms with E-state index in [9.17, 15) is 9.59 Å². The number of rotatable bonds is 9. The molecule has 2 aromatic carbocycles. The van der Waals surface area contributed by atoms with E-state index in [0.29, 0.717) is 19.4 Å². The quantitative estimate of drug-likeness (QED) is 0.258. The molecule has 0 spiro atoms. The first-order valence-corrected chi connectivity index (χ1v) is 11.5. The molecular formula is C26H30N4O4. The van der Waals surface area contributed by atoms with E-state index in [1.807, 2.05) is 53.6 Å². The topological polar surface area (TPSA) is 97.9 Å². The second kappa shape index (κ2) is 11.6. The van der Waals surface area contributed by atoms with Crippen molar-refractivity contribution in [3.63, 3.8) is 0 Å². The van der Waals surface area contributed by atoms with Crippen LogP contribution in [-0.4, -0.2) is 66.3 Å². The van der Waals surface area contributed by atoms with Crippen molar-refractivity contribution >= 4 is 34.5 Å². The molecule has 4 rings (SSSR count). The molecule has 1 saturated heterocycles. The Balaban J connectivity index is 1.46. The maximum absolute atomic E-state index is 13.4. The van der Waals surface area contributed by atoms with E-state index in [1.165, 1.54) is 6.08 Å². The van der Waals surface area contributed by atoms with Crippen LogP contribution in [0, 0.1) is 0 Å². The van der Waals surface area contributed by atoms with Crippen LogP contribution < -0.4 is 10.4 Å². The van der Waals surface area contributed by atoms with Gasteiger partial charge in [0.1, 0.15) is 0 Å². The number of aryl methyl sites for hydroxylation is 1. The maximum Gasteiger partial charge on any atom is 0.267 e. The Labute approximate surface area is 198 Å². The van der Waals surface area contributed by atoms with Crippen LogP contribution in [0.25, 0.3) is 17.0 Å². The van der Waals surface area contributed by atoms with E-state index in [1.54, 1.807) is 11.6 Å². The van der Waals surface area contributed by atoms with E-state index in [4.69, 9.17) is 9.94 Å². The third-order valence-electron chi connectivity index (χ3n) is 6.07. The minimum atomic E-state index is -0.594. The van der Waals surface area contributed by atoms with E-state index in [-0.39, 0.29) is 5.91 Å². The second-order valence-corrected chi connectivity index (χ2v) is 8.26. The highest BCUT2D eigenvalue weighted by atomic mass is 16.5. The molecule has 0 aliphatic carbocycles. The minimum Gasteiger partial charge on any atom is -0.379 e. The van der Waals surface area contributed by atoms with Crippen LogP contribution in [0.3, 0.4) is 0 Å². The molecule has 1 aromatic heterocycles. The highest BCUT2D eigenvalue weighted by Crippen LogP contribution is 2.21. The lowest BCUT2D eigenvalue weighted by atomic mass is 10.1. The third kappa shape index (κ3) is 6.11. The fourth-order valence-corrected chi connectivity index (χ4v) is 4.15. The molecule has 0 radical (unpaired) electrons. The number of ether oxygens (including phenoxy) is 1. The first kappa shape index (κ1) is 23.7. The Kier molecular flexibility index (Phi) is 8.08. The number of hydrogen-bond acceptors (Lipinski definition) is 5. The number of H-pyrrole nitrogens is 1. The molecule has 8 nitrogen and oxygen atoms in total. The first-order chi connectivity index (χ1) is 16.6. The molecule has 8 heteroatoms. The normalized spacial score (nSPS) is 14.5. The lowest BCUT2D eigenvalue weighted by molar-refractivity contribution is -0.124. The number of aromatic nitrogens is 1. The molecule has 178 valence electrons. The number of benzene rings is 2. The monoisotopic (exact) mass is 462 g/mol. The average molecular weight is 463 g/mol. The summed E-state index contributed by atoms with van der Waals surface area (Å²) in [5.41, 5.74) is 5.40. The zero-order chi connectivity index (χ0) is 23.8. The Morgan fingerprint density at radius 1 is 1.12 bits per heavy atom. The van der Waals surface area contributed by atoms with Gasteiger partial charge in [0.05, 0.1) is 13.2 Å². The molecule has 0 unspecified atom stereocenters. The van der Waals surface area contributed by atoms with Gasteiger partial charge >= 0.3 is 0 Å². The van der Waals surface area contributed by atoms with Gasteiger partial charge in [-0.05, 0) is 41.8 Å². The number of aromatic amines is 1. The number of carbonyl (C=O) groups excluding carboxylic acids is 2. The predicted molar refractivity (Wildman–Crippen MR) is 132 cm³/mol. The molecule has 34 heavy (non-hydrogen) atoms. The molecule has 0 saturated carbocycles. The summed E-state index contributed by atoms with van der Waals surface area (Å²) in [5.74, 6) is -0.523. The van der Waals surface area contributed by atoms with Crippen LogP contribution in [0.2, 0.25) is 0 Å². The van der Waals surface area contributed by atoms with Gasteiger partial charge in [0.2, 0.25) is 5.91 Å². The fraction of sp³-hybridized carbons (Fsp3) is 0.308. The Morgan fingerprint density at radius 3 is 2.65 bits per heavy atom. The average Bonchev–Trinajstić information content (AvgIpc) is 3.30. The highest BCUT2D eigenvalue weighted by molar-refractivity contribution is 5.94. The minimum absolute atomic E-state index is 0.0708. The summed E-state index contributed by atoms with van der Waals surface area (Å²) in [7, 11) is 0. The molecule has 1 fully saturated rings. The lowest BCUT2D eigenvalue weighted by Gasteiger charge is -2.30. The van der Waals surface area contributed by atoms with Crippen LogP contribution in [-0.2, 0) is 20.7 Å². The molecule has 0 bridgehead atoms. The molecule has 1 aliphatic heterocycles. The van der Waals surface area contributed by atoms with Gasteiger partial charge in [0.15, 0.2) is 0 Å². The van der Waals surface area contributed by atoms with Gasteiger partial charge in [0.25, 0.3) is 5.91 Å². The largest absolute Gasteiger partial charge is 0.379 e. The Morgan fingerprint density at radius 2 is 1.88 bits per heavy atom. The second-order valence-electron chi connectivity index (χ2n) is 8.26. The zero-order valence-electron chi connectivity index (χ0n) is 19.1. The lowest BCUT2D eigenvalue weighted by Crippen LogP contribution is -2.43. The van der Waals surface area contributed by atoms with Gasteiger partial charge < -0.3 is 14.6 Å². The number of fused-ring (bicyclic) bond motifs is 1. The number of nitrogens with zero attached hydrogens (tertiary/aromatic N) is 2. The smallest absolute Gasteiger partial charge is 0.267 e. The Bertz CT molecular complexity index is 1130. The van der Waals surface area contributed by atoms with Crippen molar-refractivity contribution in [1.82, 2.24) is 15.4 Å². The van der Waals surface area contributed by atoms with Gasteiger partial charge in [-0.2, -0.15) is 0 Å². The number of hydroxylamine groups is 1. The molecule has 0 atom stereocenters. The fourth-order valence-electron chi connectivity index (χ4n) is 4.15. The summed E-state index contributed by atoms with van der Waals surface area (Å²) in [6.07, 6.45) is 5.90. The summed E-state index contributed by atoms with van der Waals surface area (Å²) in [6.45, 7) is 4.55. The summed E-state index contributed by atoms with van der Waals surface area (Å²) in [4.78, 5) is 32.0. The standard InChI is InChI=1S/C26H30N4O4/c31-25(28-33)11-7-20-5-9-22(10-6-20)30(14-13-29-15-17-34-18-16-29)26(32)12-8-21-19-27-24-4-2-1-3-23(21)24/h1-7,9-11,19,27,33H,8,12-18H2,(H,28,31)/b11-7+. The molecular weight excluding hydrogens is 432 g/mol. The van der Waals surface area contributed by atoms with Crippen molar-refractivity contribution in [1.29, 1.82) is 0 Å². The van der Waals surface area contributed by atoms with Gasteiger partial charge in [-0.3, -0.25) is 19.7 Å². The number of amides is 2. The molecule has 2 heterocycles.